The van der Waals surface area contributed by atoms with Gasteiger partial charge in [0, 0.05) is 21.9 Å². The van der Waals surface area contributed by atoms with Crippen molar-refractivity contribution in [1.82, 2.24) is 0 Å². The highest BCUT2D eigenvalue weighted by molar-refractivity contribution is 6.22. The number of hydrogen-bond acceptors (Lipinski definition) is 10. The topological polar surface area (TPSA) is 148 Å². The Balaban J connectivity index is 1.92. The molecule has 0 saturated heterocycles. The van der Waals surface area contributed by atoms with Crippen LogP contribution in [-0.2, 0) is 26.1 Å². The number of carboxylic acid groups (broad SMARTS) is 2. The summed E-state index contributed by atoms with van der Waals surface area (Å²) in [6.07, 6.45) is 2.53. The quantitative estimate of drug-likeness (QED) is 0.0801. The van der Waals surface area contributed by atoms with Crippen molar-refractivity contribution in [3.8, 4) is 57.1 Å². The van der Waals surface area contributed by atoms with Crippen molar-refractivity contribution in [2.75, 3.05) is 42.7 Å². The van der Waals surface area contributed by atoms with Gasteiger partial charge in [0.15, 0.2) is 23.0 Å². The normalized spacial score (nSPS) is 11.0. The number of methoxy groups -OCH3 is 6. The van der Waals surface area contributed by atoms with Crippen molar-refractivity contribution in [1.29, 1.82) is 0 Å². The van der Waals surface area contributed by atoms with Gasteiger partial charge in [0.05, 0.1) is 53.4 Å². The fourth-order valence-electron chi connectivity index (χ4n) is 7.98. The first-order valence-electron chi connectivity index (χ1n) is 19.6. The lowest BCUT2D eigenvalue weighted by atomic mass is 9.85. The summed E-state index contributed by atoms with van der Waals surface area (Å²) >= 11 is 0. The Kier molecular flexibility index (Phi) is 13.4. The molecular weight excluding hydrogens is 769 g/mol. The zero-order chi connectivity index (χ0) is 43.1. The molecule has 6 rings (SSSR count). The molecule has 0 heterocycles. The highest BCUT2D eigenvalue weighted by Crippen LogP contribution is 2.59. The Hall–Kier alpha value is -6.82. The molecule has 0 spiro atoms. The summed E-state index contributed by atoms with van der Waals surface area (Å²) in [6.45, 7) is 4.27. The molecule has 0 aliphatic carbocycles. The lowest BCUT2D eigenvalue weighted by Crippen LogP contribution is -2.11. The minimum Gasteiger partial charge on any atom is -0.495 e. The van der Waals surface area contributed by atoms with Crippen molar-refractivity contribution in [2.45, 2.75) is 52.7 Å². The Labute approximate surface area is 349 Å². The molecule has 12 nitrogen and oxygen atoms in total. The molecule has 6 aromatic rings. The third-order valence-corrected chi connectivity index (χ3v) is 10.4. The molecule has 0 radical (unpaired) electrons. The molecule has 0 fully saturated rings. The molecule has 0 unspecified atom stereocenters. The van der Waals surface area contributed by atoms with Crippen LogP contribution in [0.1, 0.15) is 69.7 Å². The largest absolute Gasteiger partial charge is 0.495 e. The zero-order valence-corrected chi connectivity index (χ0v) is 35.1. The number of hydrogen-bond donors (Lipinski definition) is 2. The molecule has 6 aromatic carbocycles. The fraction of sp³-hybridized carbons (Fsp3) is 0.292. The van der Waals surface area contributed by atoms with Crippen molar-refractivity contribution >= 4 is 33.5 Å². The summed E-state index contributed by atoms with van der Waals surface area (Å²) in [4.78, 5) is 27.2. The number of fused-ring (bicyclic) bond motifs is 2. The van der Waals surface area contributed by atoms with Crippen molar-refractivity contribution < 1.29 is 57.7 Å². The van der Waals surface area contributed by atoms with Crippen LogP contribution >= 0.6 is 0 Å². The predicted molar refractivity (Wildman–Crippen MR) is 230 cm³/mol. The second-order valence-electron chi connectivity index (χ2n) is 13.9. The van der Waals surface area contributed by atoms with Crippen LogP contribution in [0.3, 0.4) is 0 Å². The average Bonchev–Trinajstić information content (AvgIpc) is 3.26. The smallest absolute Gasteiger partial charge is 0.343 e. The zero-order valence-electron chi connectivity index (χ0n) is 35.1. The van der Waals surface area contributed by atoms with E-state index >= 15 is 0 Å². The van der Waals surface area contributed by atoms with E-state index in [-0.39, 0.29) is 80.7 Å². The van der Waals surface area contributed by atoms with Crippen molar-refractivity contribution in [3.05, 3.63) is 106 Å². The molecule has 2 N–H and O–H groups in total. The maximum Gasteiger partial charge on any atom is 0.343 e. The van der Waals surface area contributed by atoms with E-state index in [0.29, 0.717) is 35.1 Å². The summed E-state index contributed by atoms with van der Waals surface area (Å²) in [6, 6.07) is 22.8. The van der Waals surface area contributed by atoms with Crippen molar-refractivity contribution in [2.24, 2.45) is 0 Å². The fourth-order valence-corrected chi connectivity index (χ4v) is 7.98. The SMILES string of the molecule is CCCc1cc2c(-c3c(OC)c(C(=O)O)c(OC)c4c(OCc5ccccc5)c(OC)c(CCC)cc34)c(OC)c(C(=O)O)c(OC)c2c(OCc2ccccc2)c1OC. The van der Waals surface area contributed by atoms with Gasteiger partial charge in [-0.2, -0.15) is 0 Å². The highest BCUT2D eigenvalue weighted by Gasteiger charge is 2.37. The first-order chi connectivity index (χ1) is 29.1. The first-order valence-corrected chi connectivity index (χ1v) is 19.6. The summed E-state index contributed by atoms with van der Waals surface area (Å²) in [5.41, 5.74) is 2.97. The molecule has 0 aliphatic heterocycles. The molecule has 0 bridgehead atoms. The molecule has 0 amide bonds. The van der Waals surface area contributed by atoms with E-state index in [1.54, 1.807) is 0 Å². The lowest BCUT2D eigenvalue weighted by Gasteiger charge is -2.27. The lowest BCUT2D eigenvalue weighted by molar-refractivity contribution is 0.0678. The monoisotopic (exact) mass is 818 g/mol. The van der Waals surface area contributed by atoms with Gasteiger partial charge in [-0.3, -0.25) is 0 Å². The number of carbonyl (C=O) groups is 2. The van der Waals surface area contributed by atoms with Crippen LogP contribution in [-0.4, -0.2) is 64.8 Å². The van der Waals surface area contributed by atoms with Crippen LogP contribution in [0.15, 0.2) is 72.8 Å². The van der Waals surface area contributed by atoms with E-state index in [4.69, 9.17) is 37.9 Å². The number of carboxylic acids is 2. The molecule has 0 saturated carbocycles. The second-order valence-corrected chi connectivity index (χ2v) is 13.9. The van der Waals surface area contributed by atoms with E-state index in [1.807, 2.05) is 86.6 Å². The Morgan fingerprint density at radius 1 is 0.467 bits per heavy atom. The van der Waals surface area contributed by atoms with Gasteiger partial charge in [0.25, 0.3) is 0 Å². The molecule has 314 valence electrons. The van der Waals surface area contributed by atoms with Gasteiger partial charge in [-0.15, -0.1) is 0 Å². The number of ether oxygens (including phenoxy) is 8. The molecule has 0 aromatic heterocycles. The second kappa shape index (κ2) is 18.8. The Bertz CT molecular complexity index is 2350. The van der Waals surface area contributed by atoms with Crippen LogP contribution in [0.5, 0.6) is 46.0 Å². The number of rotatable bonds is 19. The molecular formula is C48H50O12. The number of aromatic carboxylic acids is 2. The van der Waals surface area contributed by atoms with E-state index in [9.17, 15) is 19.8 Å². The Morgan fingerprint density at radius 2 is 0.800 bits per heavy atom. The molecule has 0 atom stereocenters. The minimum atomic E-state index is -1.37. The predicted octanol–water partition coefficient (Wildman–Crippen LogP) is 10.2. The van der Waals surface area contributed by atoms with Gasteiger partial charge in [-0.25, -0.2) is 9.59 Å². The highest BCUT2D eigenvalue weighted by atomic mass is 16.5. The van der Waals surface area contributed by atoms with E-state index in [1.165, 1.54) is 42.7 Å². The molecule has 12 heteroatoms. The van der Waals surface area contributed by atoms with E-state index in [2.05, 4.69) is 0 Å². The third-order valence-electron chi connectivity index (χ3n) is 10.4. The van der Waals surface area contributed by atoms with E-state index in [0.717, 1.165) is 35.1 Å². The molecule has 60 heavy (non-hydrogen) atoms. The molecule has 0 aliphatic rings. The van der Waals surface area contributed by atoms with Crippen LogP contribution < -0.4 is 37.9 Å². The van der Waals surface area contributed by atoms with Gasteiger partial charge >= 0.3 is 11.9 Å². The first kappa shape index (κ1) is 42.8. The Morgan fingerprint density at radius 3 is 1.08 bits per heavy atom. The maximum absolute atomic E-state index is 13.6. The number of aryl methyl sites for hydroxylation is 2. The van der Waals surface area contributed by atoms with Gasteiger partial charge in [-0.1, -0.05) is 87.4 Å². The third kappa shape index (κ3) is 7.72. The van der Waals surface area contributed by atoms with Crippen LogP contribution in [0.25, 0.3) is 32.7 Å². The van der Waals surface area contributed by atoms with Gasteiger partial charge in [0.1, 0.15) is 47.3 Å². The summed E-state index contributed by atoms with van der Waals surface area (Å²) in [5, 5.41) is 23.5. The number of benzene rings is 6. The summed E-state index contributed by atoms with van der Waals surface area (Å²) < 4.78 is 49.6. The van der Waals surface area contributed by atoms with Crippen LogP contribution in [0.2, 0.25) is 0 Å². The van der Waals surface area contributed by atoms with Gasteiger partial charge in [0.2, 0.25) is 0 Å². The minimum absolute atomic E-state index is 0.0435. The van der Waals surface area contributed by atoms with E-state index < -0.39 is 11.9 Å². The summed E-state index contributed by atoms with van der Waals surface area (Å²) in [5.74, 6) is -1.76. The van der Waals surface area contributed by atoms with Gasteiger partial charge < -0.3 is 48.1 Å². The maximum atomic E-state index is 13.6. The summed E-state index contributed by atoms with van der Waals surface area (Å²) in [7, 11) is 8.53. The van der Waals surface area contributed by atoms with Gasteiger partial charge in [-0.05, 0) is 47.2 Å². The van der Waals surface area contributed by atoms with Crippen LogP contribution in [0, 0.1) is 0 Å². The standard InChI is InChI=1S/C48H50O12/c1-9-17-29-23-31-33(41(55-5)37(47(49)50)43(57-7)35(31)45(39(29)53-3)59-25-27-19-13-11-14-20-27)34-32-24-30(18-10-2)40(54-4)46(60-26-28-21-15-12-16-22-28)36(32)44(58-8)38(48(51)52)42(34)56-6/h11-16,19-24H,9-10,17-18,25-26H2,1-8H3,(H,49,50)(H,51,52). The average molecular weight is 819 g/mol. The van der Waals surface area contributed by atoms with Crippen LogP contribution in [0.4, 0.5) is 0 Å². The van der Waals surface area contributed by atoms with Crippen molar-refractivity contribution in [3.63, 3.8) is 0 Å².